The zero-order valence-electron chi connectivity index (χ0n) is 12.1. The highest BCUT2D eigenvalue weighted by Crippen LogP contribution is 2.30. The molecule has 108 valence electrons. The second-order valence-corrected chi connectivity index (χ2v) is 5.41. The van der Waals surface area contributed by atoms with E-state index in [1.807, 2.05) is 60.8 Å². The van der Waals surface area contributed by atoms with Crippen molar-refractivity contribution in [1.29, 1.82) is 0 Å². The van der Waals surface area contributed by atoms with Gasteiger partial charge in [-0.2, -0.15) is 0 Å². The highest BCUT2D eigenvalue weighted by atomic mass is 16.3. The third-order valence-corrected chi connectivity index (χ3v) is 3.99. The van der Waals surface area contributed by atoms with Crippen LogP contribution >= 0.6 is 0 Å². The molecule has 4 nitrogen and oxygen atoms in total. The van der Waals surface area contributed by atoms with E-state index in [0.29, 0.717) is 0 Å². The number of aromatic nitrogens is 3. The first-order valence-electron chi connectivity index (χ1n) is 7.38. The summed E-state index contributed by atoms with van der Waals surface area (Å²) in [5.41, 5.74) is 3.98. The lowest BCUT2D eigenvalue weighted by molar-refractivity contribution is 0.668. The third kappa shape index (κ3) is 1.89. The topological polar surface area (TPSA) is 51.8 Å². The molecule has 5 aromatic rings. The van der Waals surface area contributed by atoms with Crippen molar-refractivity contribution >= 4 is 33.0 Å². The van der Waals surface area contributed by atoms with Crippen LogP contribution in [0.5, 0.6) is 0 Å². The Morgan fingerprint density at radius 3 is 2.70 bits per heavy atom. The molecule has 1 aromatic carbocycles. The summed E-state index contributed by atoms with van der Waals surface area (Å²) in [4.78, 5) is 13.4. The Kier molecular flexibility index (Phi) is 2.46. The summed E-state index contributed by atoms with van der Waals surface area (Å²) >= 11 is 0. The van der Waals surface area contributed by atoms with Crippen molar-refractivity contribution < 1.29 is 4.42 Å². The first kappa shape index (κ1) is 12.3. The van der Waals surface area contributed by atoms with E-state index in [0.717, 1.165) is 44.4 Å². The molecule has 0 bridgehead atoms. The molecule has 4 aromatic heterocycles. The molecule has 0 N–H and O–H groups in total. The van der Waals surface area contributed by atoms with Crippen LogP contribution in [0, 0.1) is 0 Å². The van der Waals surface area contributed by atoms with Crippen molar-refractivity contribution in [1.82, 2.24) is 15.0 Å². The van der Waals surface area contributed by atoms with E-state index in [-0.39, 0.29) is 0 Å². The number of rotatable bonds is 1. The van der Waals surface area contributed by atoms with Crippen molar-refractivity contribution in [3.63, 3.8) is 0 Å². The van der Waals surface area contributed by atoms with Crippen molar-refractivity contribution in [2.75, 3.05) is 0 Å². The zero-order chi connectivity index (χ0) is 15.2. The Balaban J connectivity index is 1.73. The standard InChI is InChI=1S/C19H11N3O/c1-2-6-17-13(5-1)14-11-21-16(10-18(14)23-17)15-8-7-12-4-3-9-20-19(12)22-15/h1-11H. The van der Waals surface area contributed by atoms with Crippen molar-refractivity contribution in [3.05, 3.63) is 67.0 Å². The average Bonchev–Trinajstić information content (AvgIpc) is 2.99. The van der Waals surface area contributed by atoms with Crippen LogP contribution in [0.1, 0.15) is 0 Å². The molecule has 0 saturated carbocycles. The lowest BCUT2D eigenvalue weighted by Crippen LogP contribution is -1.89. The highest BCUT2D eigenvalue weighted by Gasteiger charge is 2.10. The number of fused-ring (bicyclic) bond motifs is 4. The number of nitrogens with zero attached hydrogens (tertiary/aromatic N) is 3. The third-order valence-electron chi connectivity index (χ3n) is 3.99. The van der Waals surface area contributed by atoms with Gasteiger partial charge in [-0.05, 0) is 30.3 Å². The van der Waals surface area contributed by atoms with Crippen LogP contribution in [0.2, 0.25) is 0 Å². The van der Waals surface area contributed by atoms with E-state index in [4.69, 9.17) is 4.42 Å². The van der Waals surface area contributed by atoms with Gasteiger partial charge in [0, 0.05) is 34.6 Å². The van der Waals surface area contributed by atoms with Gasteiger partial charge >= 0.3 is 0 Å². The van der Waals surface area contributed by atoms with E-state index in [2.05, 4.69) is 15.0 Å². The number of pyridine rings is 3. The second-order valence-electron chi connectivity index (χ2n) is 5.41. The Morgan fingerprint density at radius 2 is 1.70 bits per heavy atom. The molecule has 4 heteroatoms. The molecule has 0 fully saturated rings. The minimum atomic E-state index is 0.719. The summed E-state index contributed by atoms with van der Waals surface area (Å²) in [6, 6.07) is 17.8. The van der Waals surface area contributed by atoms with E-state index < -0.39 is 0 Å². The van der Waals surface area contributed by atoms with Gasteiger partial charge in [-0.1, -0.05) is 18.2 Å². The summed E-state index contributed by atoms with van der Waals surface area (Å²) in [6.07, 6.45) is 3.59. The molecule has 0 spiro atoms. The van der Waals surface area contributed by atoms with Crippen LogP contribution in [0.4, 0.5) is 0 Å². The summed E-state index contributed by atoms with van der Waals surface area (Å²) in [7, 11) is 0. The maximum Gasteiger partial charge on any atom is 0.159 e. The van der Waals surface area contributed by atoms with Gasteiger partial charge < -0.3 is 4.42 Å². The molecule has 23 heavy (non-hydrogen) atoms. The van der Waals surface area contributed by atoms with E-state index in [9.17, 15) is 0 Å². The van der Waals surface area contributed by atoms with E-state index in [1.165, 1.54) is 0 Å². The SMILES string of the molecule is c1cnc2nc(-c3cc4oc5ccccc5c4cn3)ccc2c1. The van der Waals surface area contributed by atoms with Crippen LogP contribution in [0.25, 0.3) is 44.4 Å². The first-order valence-corrected chi connectivity index (χ1v) is 7.38. The molecule has 0 aliphatic heterocycles. The summed E-state index contributed by atoms with van der Waals surface area (Å²) in [5, 5.41) is 3.11. The number of hydrogen-bond donors (Lipinski definition) is 0. The van der Waals surface area contributed by atoms with Crippen LogP contribution in [-0.2, 0) is 0 Å². The molecule has 0 aliphatic rings. The molecule has 0 radical (unpaired) electrons. The number of para-hydroxylation sites is 1. The van der Waals surface area contributed by atoms with Crippen LogP contribution in [-0.4, -0.2) is 15.0 Å². The molecule has 5 rings (SSSR count). The smallest absolute Gasteiger partial charge is 0.159 e. The fourth-order valence-electron chi connectivity index (χ4n) is 2.86. The number of benzene rings is 1. The van der Waals surface area contributed by atoms with Gasteiger partial charge in [0.15, 0.2) is 5.65 Å². The van der Waals surface area contributed by atoms with Crippen LogP contribution in [0.3, 0.4) is 0 Å². The van der Waals surface area contributed by atoms with Gasteiger partial charge in [-0.3, -0.25) is 4.98 Å². The maximum atomic E-state index is 5.92. The summed E-state index contributed by atoms with van der Waals surface area (Å²) in [5.74, 6) is 0. The van der Waals surface area contributed by atoms with Crippen molar-refractivity contribution in [3.8, 4) is 11.4 Å². The largest absolute Gasteiger partial charge is 0.456 e. The summed E-state index contributed by atoms with van der Waals surface area (Å²) in [6.45, 7) is 0. The quantitative estimate of drug-likeness (QED) is 0.454. The Labute approximate surface area is 131 Å². The molecule has 0 unspecified atom stereocenters. The minimum absolute atomic E-state index is 0.719. The van der Waals surface area contributed by atoms with Crippen molar-refractivity contribution in [2.24, 2.45) is 0 Å². The normalized spacial score (nSPS) is 11.5. The predicted molar refractivity (Wildman–Crippen MR) is 90.0 cm³/mol. The Hall–Kier alpha value is -3.27. The fourth-order valence-corrected chi connectivity index (χ4v) is 2.86. The number of hydrogen-bond acceptors (Lipinski definition) is 4. The van der Waals surface area contributed by atoms with Gasteiger partial charge in [0.1, 0.15) is 11.2 Å². The molecule has 0 aliphatic carbocycles. The van der Waals surface area contributed by atoms with E-state index in [1.54, 1.807) is 6.20 Å². The van der Waals surface area contributed by atoms with Gasteiger partial charge in [0.2, 0.25) is 0 Å². The molecule has 0 saturated heterocycles. The monoisotopic (exact) mass is 297 g/mol. The Bertz CT molecular complexity index is 1180. The Morgan fingerprint density at radius 1 is 0.739 bits per heavy atom. The molecule has 4 heterocycles. The van der Waals surface area contributed by atoms with Crippen molar-refractivity contribution in [2.45, 2.75) is 0 Å². The molecular formula is C19H11N3O. The van der Waals surface area contributed by atoms with Gasteiger partial charge in [-0.15, -0.1) is 0 Å². The lowest BCUT2D eigenvalue weighted by atomic mass is 10.1. The highest BCUT2D eigenvalue weighted by molar-refractivity contribution is 6.05. The molecule has 0 amide bonds. The lowest BCUT2D eigenvalue weighted by Gasteiger charge is -2.01. The number of furan rings is 1. The fraction of sp³-hybridized carbons (Fsp3) is 0. The van der Waals surface area contributed by atoms with Gasteiger partial charge in [0.05, 0.1) is 11.4 Å². The van der Waals surface area contributed by atoms with Crippen LogP contribution in [0.15, 0.2) is 71.4 Å². The second kappa shape index (κ2) is 4.61. The molecular weight excluding hydrogens is 286 g/mol. The van der Waals surface area contributed by atoms with Gasteiger partial charge in [-0.25, -0.2) is 9.97 Å². The zero-order valence-corrected chi connectivity index (χ0v) is 12.1. The molecule has 0 atom stereocenters. The summed E-state index contributed by atoms with van der Waals surface area (Å²) < 4.78 is 5.92. The average molecular weight is 297 g/mol. The van der Waals surface area contributed by atoms with E-state index >= 15 is 0 Å². The minimum Gasteiger partial charge on any atom is -0.456 e. The first-order chi connectivity index (χ1) is 11.4. The predicted octanol–water partition coefficient (Wildman–Crippen LogP) is 4.59. The van der Waals surface area contributed by atoms with Gasteiger partial charge in [0.25, 0.3) is 0 Å². The maximum absolute atomic E-state index is 5.92. The van der Waals surface area contributed by atoms with Crippen LogP contribution < -0.4 is 0 Å².